The van der Waals surface area contributed by atoms with Crippen LogP contribution in [-0.2, 0) is 0 Å². The molecule has 0 atom stereocenters. The Labute approximate surface area is 62.8 Å². The van der Waals surface area contributed by atoms with E-state index in [1.807, 2.05) is 13.0 Å². The zero-order valence-corrected chi connectivity index (χ0v) is 6.65. The molecule has 0 radical (unpaired) electrons. The third-order valence-corrected chi connectivity index (χ3v) is 1.22. The molecule has 0 fully saturated rings. The lowest BCUT2D eigenvalue weighted by molar-refractivity contribution is 0.305. The maximum absolute atomic E-state index is 8.37. The molecule has 56 valence electrons. The van der Waals surface area contributed by atoms with Crippen LogP contribution in [0, 0.1) is 11.8 Å². The molecule has 0 aliphatic rings. The minimum Gasteiger partial charge on any atom is -0.395 e. The molecule has 0 aromatic heterocycles. The molecule has 0 saturated heterocycles. The van der Waals surface area contributed by atoms with Crippen LogP contribution in [0.4, 0.5) is 0 Å². The van der Waals surface area contributed by atoms with E-state index in [1.54, 1.807) is 0 Å². The standard InChI is InChI=1S/C9H14O/c1-3-9(2)7-5-4-6-8-10/h7,10H,3,6,8H2,1-2H3/b9-7+. The predicted octanol–water partition coefficient (Wildman–Crippen LogP) is 1.73. The van der Waals surface area contributed by atoms with Crippen molar-refractivity contribution in [2.75, 3.05) is 6.61 Å². The lowest BCUT2D eigenvalue weighted by Gasteiger charge is -1.85. The highest BCUT2D eigenvalue weighted by molar-refractivity contribution is 5.19. The van der Waals surface area contributed by atoms with Crippen molar-refractivity contribution >= 4 is 0 Å². The summed E-state index contributed by atoms with van der Waals surface area (Å²) >= 11 is 0. The largest absolute Gasteiger partial charge is 0.395 e. The first-order chi connectivity index (χ1) is 4.81. The van der Waals surface area contributed by atoms with Gasteiger partial charge < -0.3 is 5.11 Å². The fourth-order valence-corrected chi connectivity index (χ4v) is 0.404. The van der Waals surface area contributed by atoms with Crippen LogP contribution in [0.25, 0.3) is 0 Å². The summed E-state index contributed by atoms with van der Waals surface area (Å²) in [5, 5.41) is 8.37. The molecule has 0 saturated carbocycles. The number of aliphatic hydroxyl groups is 1. The van der Waals surface area contributed by atoms with Crippen molar-refractivity contribution in [2.24, 2.45) is 0 Å². The SMILES string of the molecule is CC/C(C)=C/C#CCCO. The van der Waals surface area contributed by atoms with E-state index in [4.69, 9.17) is 5.11 Å². The van der Waals surface area contributed by atoms with Gasteiger partial charge in [0, 0.05) is 6.42 Å². The van der Waals surface area contributed by atoms with Gasteiger partial charge in [-0.15, -0.1) is 0 Å². The molecule has 1 heteroatoms. The van der Waals surface area contributed by atoms with Gasteiger partial charge in [-0.05, 0) is 19.4 Å². The van der Waals surface area contributed by atoms with Gasteiger partial charge in [0.2, 0.25) is 0 Å². The van der Waals surface area contributed by atoms with Gasteiger partial charge in [-0.2, -0.15) is 0 Å². The molecular formula is C9H14O. The molecule has 0 aromatic carbocycles. The van der Waals surface area contributed by atoms with E-state index in [9.17, 15) is 0 Å². The van der Waals surface area contributed by atoms with Crippen molar-refractivity contribution in [1.29, 1.82) is 0 Å². The highest BCUT2D eigenvalue weighted by Crippen LogP contribution is 1.95. The van der Waals surface area contributed by atoms with Crippen LogP contribution in [0.15, 0.2) is 11.6 Å². The van der Waals surface area contributed by atoms with Gasteiger partial charge in [0.05, 0.1) is 6.61 Å². The summed E-state index contributed by atoms with van der Waals surface area (Å²) in [7, 11) is 0. The van der Waals surface area contributed by atoms with Gasteiger partial charge in [-0.25, -0.2) is 0 Å². The molecule has 0 heterocycles. The van der Waals surface area contributed by atoms with Crippen LogP contribution in [0.1, 0.15) is 26.7 Å². The molecule has 0 spiro atoms. The lowest BCUT2D eigenvalue weighted by Crippen LogP contribution is -1.75. The van der Waals surface area contributed by atoms with Crippen LogP contribution >= 0.6 is 0 Å². The van der Waals surface area contributed by atoms with Gasteiger partial charge in [0.25, 0.3) is 0 Å². The van der Waals surface area contributed by atoms with Crippen molar-refractivity contribution in [3.05, 3.63) is 11.6 Å². The molecular weight excluding hydrogens is 124 g/mol. The van der Waals surface area contributed by atoms with Crippen molar-refractivity contribution in [3.8, 4) is 11.8 Å². The van der Waals surface area contributed by atoms with Crippen LogP contribution in [0.5, 0.6) is 0 Å². The smallest absolute Gasteiger partial charge is 0.0540 e. The van der Waals surface area contributed by atoms with E-state index in [-0.39, 0.29) is 6.61 Å². The molecule has 0 aliphatic carbocycles. The zero-order chi connectivity index (χ0) is 7.82. The molecule has 0 unspecified atom stereocenters. The predicted molar refractivity (Wildman–Crippen MR) is 43.5 cm³/mol. The maximum Gasteiger partial charge on any atom is 0.0540 e. The van der Waals surface area contributed by atoms with E-state index in [0.29, 0.717) is 6.42 Å². The minimum atomic E-state index is 0.159. The summed E-state index contributed by atoms with van der Waals surface area (Å²) in [6, 6.07) is 0. The van der Waals surface area contributed by atoms with Crippen LogP contribution < -0.4 is 0 Å². The molecule has 10 heavy (non-hydrogen) atoms. The third-order valence-electron chi connectivity index (χ3n) is 1.22. The number of aliphatic hydroxyl groups excluding tert-OH is 1. The average molecular weight is 138 g/mol. The third kappa shape index (κ3) is 5.40. The highest BCUT2D eigenvalue weighted by Gasteiger charge is 1.77. The molecule has 1 nitrogen and oxygen atoms in total. The first kappa shape index (κ1) is 9.26. The van der Waals surface area contributed by atoms with Crippen molar-refractivity contribution < 1.29 is 5.11 Å². The van der Waals surface area contributed by atoms with Gasteiger partial charge in [0.15, 0.2) is 0 Å². The number of allylic oxidation sites excluding steroid dienone is 2. The second-order valence-corrected chi connectivity index (χ2v) is 2.14. The zero-order valence-electron chi connectivity index (χ0n) is 6.65. The molecule has 0 aliphatic heterocycles. The Bertz CT molecular complexity index is 157. The van der Waals surface area contributed by atoms with Crippen LogP contribution in [0.3, 0.4) is 0 Å². The lowest BCUT2D eigenvalue weighted by atomic mass is 10.2. The summed E-state index contributed by atoms with van der Waals surface area (Å²) < 4.78 is 0. The second kappa shape index (κ2) is 6.38. The fraction of sp³-hybridized carbons (Fsp3) is 0.556. The Kier molecular flexibility index (Phi) is 5.91. The van der Waals surface area contributed by atoms with Crippen LogP contribution in [-0.4, -0.2) is 11.7 Å². The van der Waals surface area contributed by atoms with Crippen molar-refractivity contribution in [2.45, 2.75) is 26.7 Å². The summed E-state index contributed by atoms with van der Waals surface area (Å²) in [6.45, 7) is 4.30. The topological polar surface area (TPSA) is 20.2 Å². The van der Waals surface area contributed by atoms with Gasteiger partial charge in [0.1, 0.15) is 0 Å². The van der Waals surface area contributed by atoms with E-state index >= 15 is 0 Å². The second-order valence-electron chi connectivity index (χ2n) is 2.14. The van der Waals surface area contributed by atoms with Gasteiger partial charge in [-0.3, -0.25) is 0 Å². The van der Waals surface area contributed by atoms with E-state index in [2.05, 4.69) is 18.8 Å². The monoisotopic (exact) mass is 138 g/mol. The average Bonchev–Trinajstić information content (AvgIpc) is 1.98. The minimum absolute atomic E-state index is 0.159. The van der Waals surface area contributed by atoms with Gasteiger partial charge in [-0.1, -0.05) is 24.3 Å². The Morgan fingerprint density at radius 3 is 2.80 bits per heavy atom. The van der Waals surface area contributed by atoms with E-state index in [1.165, 1.54) is 5.57 Å². The van der Waals surface area contributed by atoms with Crippen molar-refractivity contribution in [3.63, 3.8) is 0 Å². The molecule has 0 aromatic rings. The summed E-state index contributed by atoms with van der Waals surface area (Å²) in [6.07, 6.45) is 3.52. The van der Waals surface area contributed by atoms with Crippen molar-refractivity contribution in [1.82, 2.24) is 0 Å². The first-order valence-electron chi connectivity index (χ1n) is 3.56. The van der Waals surface area contributed by atoms with Crippen LogP contribution in [0.2, 0.25) is 0 Å². The van der Waals surface area contributed by atoms with Gasteiger partial charge >= 0.3 is 0 Å². The summed E-state index contributed by atoms with van der Waals surface area (Å²) in [5.74, 6) is 5.69. The fourth-order valence-electron chi connectivity index (χ4n) is 0.404. The highest BCUT2D eigenvalue weighted by atomic mass is 16.2. The Morgan fingerprint density at radius 2 is 2.30 bits per heavy atom. The molecule has 0 rings (SSSR count). The Balaban J connectivity index is 3.61. The molecule has 0 bridgehead atoms. The quantitative estimate of drug-likeness (QED) is 0.576. The first-order valence-corrected chi connectivity index (χ1v) is 3.56. The number of hydrogen-bond donors (Lipinski definition) is 1. The van der Waals surface area contributed by atoms with E-state index in [0.717, 1.165) is 6.42 Å². The number of rotatable bonds is 2. The summed E-state index contributed by atoms with van der Waals surface area (Å²) in [4.78, 5) is 0. The number of hydrogen-bond acceptors (Lipinski definition) is 1. The maximum atomic E-state index is 8.37. The molecule has 1 N–H and O–H groups in total. The van der Waals surface area contributed by atoms with E-state index < -0.39 is 0 Å². The normalized spacial score (nSPS) is 10.5. The molecule has 0 amide bonds. The Hall–Kier alpha value is -0.740. The Morgan fingerprint density at radius 1 is 1.60 bits per heavy atom. The summed E-state index contributed by atoms with van der Waals surface area (Å²) in [5.41, 5.74) is 1.28.